The zero-order valence-electron chi connectivity index (χ0n) is 11.5. The van der Waals surface area contributed by atoms with E-state index in [0.29, 0.717) is 15.8 Å². The monoisotopic (exact) mass is 323 g/mol. The molecule has 0 spiro atoms. The number of hydrogen-bond acceptors (Lipinski definition) is 3. The van der Waals surface area contributed by atoms with Gasteiger partial charge < -0.3 is 16.4 Å². The molecule has 0 aliphatic heterocycles. The summed E-state index contributed by atoms with van der Waals surface area (Å²) in [5.41, 5.74) is 7.61. The first-order chi connectivity index (χ1) is 9.86. The van der Waals surface area contributed by atoms with Gasteiger partial charge in [-0.3, -0.25) is 9.48 Å². The molecule has 0 unspecified atom stereocenters. The lowest BCUT2D eigenvalue weighted by atomic mass is 10.2. The highest BCUT2D eigenvalue weighted by Crippen LogP contribution is 2.21. The second-order valence-electron chi connectivity index (χ2n) is 4.47. The number of primary amides is 1. The standard InChI is InChI=1S/C13H14ClN5OS/c1-7-3-4-8(14)5-9(7)16-13(21)17-10-6-19(2)18-11(10)12(15)20/h3-6H,1-2H3,(H2,15,20)(H2,16,17,21). The van der Waals surface area contributed by atoms with Crippen molar-refractivity contribution < 1.29 is 4.79 Å². The van der Waals surface area contributed by atoms with Crippen LogP contribution >= 0.6 is 23.8 Å². The molecule has 0 radical (unpaired) electrons. The zero-order valence-corrected chi connectivity index (χ0v) is 13.0. The molecule has 6 nitrogen and oxygen atoms in total. The predicted octanol–water partition coefficient (Wildman–Crippen LogP) is 2.29. The lowest BCUT2D eigenvalue weighted by Gasteiger charge is -2.12. The van der Waals surface area contributed by atoms with Crippen molar-refractivity contribution in [2.75, 3.05) is 10.6 Å². The first kappa shape index (κ1) is 15.3. The molecule has 21 heavy (non-hydrogen) atoms. The highest BCUT2D eigenvalue weighted by atomic mass is 35.5. The van der Waals surface area contributed by atoms with Crippen LogP contribution in [0.4, 0.5) is 11.4 Å². The zero-order chi connectivity index (χ0) is 15.6. The van der Waals surface area contributed by atoms with E-state index in [1.165, 1.54) is 4.68 Å². The lowest BCUT2D eigenvalue weighted by Crippen LogP contribution is -2.22. The maximum atomic E-state index is 11.3. The van der Waals surface area contributed by atoms with E-state index in [9.17, 15) is 4.79 Å². The SMILES string of the molecule is Cc1ccc(Cl)cc1NC(=S)Nc1cn(C)nc1C(N)=O. The van der Waals surface area contributed by atoms with Crippen LogP contribution in [-0.4, -0.2) is 20.8 Å². The molecule has 0 fully saturated rings. The Kier molecular flexibility index (Phi) is 4.44. The number of nitrogens with zero attached hydrogens (tertiary/aromatic N) is 2. The highest BCUT2D eigenvalue weighted by molar-refractivity contribution is 7.80. The van der Waals surface area contributed by atoms with E-state index in [2.05, 4.69) is 15.7 Å². The largest absolute Gasteiger partial charge is 0.364 e. The number of benzene rings is 1. The van der Waals surface area contributed by atoms with E-state index in [0.717, 1.165) is 11.3 Å². The number of rotatable bonds is 3. The van der Waals surface area contributed by atoms with Crippen molar-refractivity contribution in [3.63, 3.8) is 0 Å². The van der Waals surface area contributed by atoms with Crippen molar-refractivity contribution in [3.8, 4) is 0 Å². The second-order valence-corrected chi connectivity index (χ2v) is 5.31. The van der Waals surface area contributed by atoms with Crippen molar-refractivity contribution in [2.45, 2.75) is 6.92 Å². The quantitative estimate of drug-likeness (QED) is 0.755. The van der Waals surface area contributed by atoms with Gasteiger partial charge in [-0.05, 0) is 36.8 Å². The summed E-state index contributed by atoms with van der Waals surface area (Å²) in [6.07, 6.45) is 1.62. The average molecular weight is 324 g/mol. The third kappa shape index (κ3) is 3.71. The molecule has 1 aromatic carbocycles. The molecule has 110 valence electrons. The molecule has 1 amide bonds. The number of carbonyl (C=O) groups is 1. The Labute approximate surface area is 132 Å². The van der Waals surface area contributed by atoms with E-state index in [4.69, 9.17) is 29.6 Å². The predicted molar refractivity (Wildman–Crippen MR) is 87.8 cm³/mol. The van der Waals surface area contributed by atoms with Gasteiger partial charge in [-0.15, -0.1) is 0 Å². The maximum absolute atomic E-state index is 11.3. The molecule has 0 atom stereocenters. The van der Waals surface area contributed by atoms with Crippen molar-refractivity contribution in [3.05, 3.63) is 40.7 Å². The van der Waals surface area contributed by atoms with Crippen molar-refractivity contribution in [1.29, 1.82) is 0 Å². The Bertz CT molecular complexity index is 713. The Balaban J connectivity index is 2.15. The topological polar surface area (TPSA) is 85.0 Å². The summed E-state index contributed by atoms with van der Waals surface area (Å²) in [5.74, 6) is -0.625. The van der Waals surface area contributed by atoms with Gasteiger partial charge in [-0.2, -0.15) is 5.10 Å². The molecule has 2 rings (SSSR count). The first-order valence-electron chi connectivity index (χ1n) is 6.04. The number of carbonyl (C=O) groups excluding carboxylic acids is 1. The van der Waals surface area contributed by atoms with E-state index < -0.39 is 5.91 Å². The van der Waals surface area contributed by atoms with Gasteiger partial charge in [-0.25, -0.2) is 0 Å². The van der Waals surface area contributed by atoms with Gasteiger partial charge in [0.25, 0.3) is 5.91 Å². The number of amides is 1. The maximum Gasteiger partial charge on any atom is 0.271 e. The summed E-state index contributed by atoms with van der Waals surface area (Å²) in [6.45, 7) is 1.93. The molecular weight excluding hydrogens is 310 g/mol. The fraction of sp³-hybridized carbons (Fsp3) is 0.154. The molecule has 1 aromatic heterocycles. The number of nitrogens with one attached hydrogen (secondary N) is 2. The van der Waals surface area contributed by atoms with Gasteiger partial charge in [-0.1, -0.05) is 17.7 Å². The van der Waals surface area contributed by atoms with Crippen LogP contribution in [0.25, 0.3) is 0 Å². The number of anilines is 2. The Morgan fingerprint density at radius 3 is 2.71 bits per heavy atom. The van der Waals surface area contributed by atoms with Gasteiger partial charge in [0.05, 0.1) is 5.69 Å². The van der Waals surface area contributed by atoms with Crippen molar-refractivity contribution >= 4 is 46.2 Å². The molecule has 2 aromatic rings. The summed E-state index contributed by atoms with van der Waals surface area (Å²) in [6, 6.07) is 5.44. The number of halogens is 1. The smallest absolute Gasteiger partial charge is 0.271 e. The minimum absolute atomic E-state index is 0.129. The molecule has 0 aliphatic rings. The number of thiocarbonyl (C=S) groups is 1. The fourth-order valence-electron chi connectivity index (χ4n) is 1.77. The summed E-state index contributed by atoms with van der Waals surface area (Å²) in [7, 11) is 1.69. The molecule has 0 bridgehead atoms. The summed E-state index contributed by atoms with van der Waals surface area (Å²) in [5, 5.41) is 10.8. The van der Waals surface area contributed by atoms with Gasteiger partial charge in [0, 0.05) is 24.0 Å². The summed E-state index contributed by atoms with van der Waals surface area (Å²) in [4.78, 5) is 11.3. The van der Waals surface area contributed by atoms with Crippen LogP contribution in [0.3, 0.4) is 0 Å². The minimum Gasteiger partial charge on any atom is -0.364 e. The molecular formula is C13H14ClN5OS. The third-order valence-electron chi connectivity index (χ3n) is 2.76. The molecule has 1 heterocycles. The normalized spacial score (nSPS) is 10.2. The van der Waals surface area contributed by atoms with Crippen LogP contribution in [-0.2, 0) is 7.05 Å². The molecule has 0 saturated carbocycles. The van der Waals surface area contributed by atoms with Gasteiger partial charge in [0.1, 0.15) is 0 Å². The van der Waals surface area contributed by atoms with Crippen LogP contribution in [0.1, 0.15) is 16.1 Å². The number of hydrogen-bond donors (Lipinski definition) is 3. The molecule has 8 heteroatoms. The Morgan fingerprint density at radius 2 is 2.05 bits per heavy atom. The average Bonchev–Trinajstić information content (AvgIpc) is 2.75. The molecule has 0 saturated heterocycles. The summed E-state index contributed by atoms with van der Waals surface area (Å²) >= 11 is 11.2. The van der Waals surface area contributed by atoms with E-state index in [-0.39, 0.29) is 5.69 Å². The van der Waals surface area contributed by atoms with Crippen LogP contribution in [0.2, 0.25) is 5.02 Å². The summed E-state index contributed by atoms with van der Waals surface area (Å²) < 4.78 is 1.48. The van der Waals surface area contributed by atoms with Crippen LogP contribution in [0, 0.1) is 6.92 Å². The highest BCUT2D eigenvalue weighted by Gasteiger charge is 2.14. The van der Waals surface area contributed by atoms with E-state index >= 15 is 0 Å². The fourth-order valence-corrected chi connectivity index (χ4v) is 2.16. The Morgan fingerprint density at radius 1 is 1.38 bits per heavy atom. The van der Waals surface area contributed by atoms with Crippen LogP contribution in [0.5, 0.6) is 0 Å². The van der Waals surface area contributed by atoms with Gasteiger partial charge in [0.2, 0.25) is 0 Å². The second kappa shape index (κ2) is 6.11. The van der Waals surface area contributed by atoms with Crippen molar-refractivity contribution in [1.82, 2.24) is 9.78 Å². The van der Waals surface area contributed by atoms with Gasteiger partial charge >= 0.3 is 0 Å². The van der Waals surface area contributed by atoms with Gasteiger partial charge in [0.15, 0.2) is 10.8 Å². The van der Waals surface area contributed by atoms with E-state index in [1.807, 2.05) is 13.0 Å². The van der Waals surface area contributed by atoms with Crippen LogP contribution in [0.15, 0.2) is 24.4 Å². The minimum atomic E-state index is -0.625. The Hall–Kier alpha value is -2.12. The first-order valence-corrected chi connectivity index (χ1v) is 6.83. The van der Waals surface area contributed by atoms with Crippen molar-refractivity contribution in [2.24, 2.45) is 12.8 Å². The lowest BCUT2D eigenvalue weighted by molar-refractivity contribution is 0.0995. The number of nitrogens with two attached hydrogens (primary N) is 1. The number of aromatic nitrogens is 2. The molecule has 4 N–H and O–H groups in total. The number of aryl methyl sites for hydroxylation is 2. The van der Waals surface area contributed by atoms with E-state index in [1.54, 1.807) is 25.4 Å². The third-order valence-corrected chi connectivity index (χ3v) is 3.20. The van der Waals surface area contributed by atoms with Crippen LogP contribution < -0.4 is 16.4 Å². The molecule has 0 aliphatic carbocycles.